The predicted octanol–water partition coefficient (Wildman–Crippen LogP) is 3.40. The van der Waals surface area contributed by atoms with Crippen LogP contribution in [-0.4, -0.2) is 23.4 Å². The molecule has 1 aliphatic rings. The topological polar surface area (TPSA) is 46.5 Å². The maximum atomic E-state index is 13.5. The molecule has 0 saturated carbocycles. The Hall–Kier alpha value is -1.84. The van der Waals surface area contributed by atoms with Gasteiger partial charge in [0.2, 0.25) is 0 Å². The number of hydrogen-bond acceptors (Lipinski definition) is 2. The molecular formula is C15H17FO3. The second-order valence-corrected chi connectivity index (χ2v) is 5.07. The summed E-state index contributed by atoms with van der Waals surface area (Å²) in [5.74, 6) is -0.265. The Morgan fingerprint density at radius 2 is 2.05 bits per heavy atom. The number of hydrogen-bond donors (Lipinski definition) is 1. The average molecular weight is 264 g/mol. The van der Waals surface area contributed by atoms with E-state index in [1.54, 1.807) is 0 Å². The zero-order chi connectivity index (χ0) is 14.2. The highest BCUT2D eigenvalue weighted by Gasteiger charge is 2.32. The molecule has 1 heterocycles. The zero-order valence-electron chi connectivity index (χ0n) is 11.2. The van der Waals surface area contributed by atoms with Crippen molar-refractivity contribution >= 4 is 12.0 Å². The summed E-state index contributed by atoms with van der Waals surface area (Å²) in [6.07, 6.45) is -0.933. The molecule has 1 aromatic carbocycles. The first-order chi connectivity index (χ1) is 8.90. The molecule has 0 radical (unpaired) electrons. The third kappa shape index (κ3) is 2.62. The quantitative estimate of drug-likeness (QED) is 0.910. The molecule has 1 aromatic rings. The minimum atomic E-state index is -1.38. The molecule has 0 spiro atoms. The van der Waals surface area contributed by atoms with Gasteiger partial charge in [0.15, 0.2) is 6.10 Å². The summed E-state index contributed by atoms with van der Waals surface area (Å²) in [7, 11) is 0. The van der Waals surface area contributed by atoms with Crippen LogP contribution in [0.5, 0.6) is 5.75 Å². The Balaban J connectivity index is 2.47. The van der Waals surface area contributed by atoms with Crippen LogP contribution in [0.15, 0.2) is 23.8 Å². The number of carboxylic acid groups (broad SMARTS) is 1. The molecule has 0 bridgehead atoms. The van der Waals surface area contributed by atoms with Crippen molar-refractivity contribution in [3.8, 4) is 5.75 Å². The van der Waals surface area contributed by atoms with Crippen molar-refractivity contribution in [3.63, 3.8) is 0 Å². The van der Waals surface area contributed by atoms with E-state index >= 15 is 0 Å². The molecule has 4 heteroatoms. The summed E-state index contributed by atoms with van der Waals surface area (Å²) >= 11 is 0. The van der Waals surface area contributed by atoms with Crippen molar-refractivity contribution in [2.45, 2.75) is 39.0 Å². The highest BCUT2D eigenvalue weighted by atomic mass is 19.1. The van der Waals surface area contributed by atoms with Gasteiger partial charge in [0.25, 0.3) is 0 Å². The number of ether oxygens (including phenoxy) is 1. The van der Waals surface area contributed by atoms with Gasteiger partial charge in [-0.15, -0.1) is 0 Å². The third-order valence-electron chi connectivity index (χ3n) is 3.24. The van der Waals surface area contributed by atoms with Gasteiger partial charge in [0.05, 0.1) is 5.57 Å². The summed E-state index contributed by atoms with van der Waals surface area (Å²) in [6, 6.07) is 5.60. The number of halogens is 1. The number of aliphatic carboxylic acids is 1. The monoisotopic (exact) mass is 264 g/mol. The van der Waals surface area contributed by atoms with Crippen LogP contribution in [0.25, 0.3) is 6.08 Å². The number of alkyl halides is 1. The largest absolute Gasteiger partial charge is 0.482 e. The Bertz CT molecular complexity index is 532. The van der Waals surface area contributed by atoms with Crippen LogP contribution in [0.2, 0.25) is 0 Å². The SMILES string of the molecule is CC(C)c1ccc2c(c1)OC(C(C)F)C(C(=O)O)=C2. The molecule has 2 rings (SSSR count). The van der Waals surface area contributed by atoms with E-state index in [9.17, 15) is 9.18 Å². The fraction of sp³-hybridized carbons (Fsp3) is 0.400. The molecule has 0 fully saturated rings. The van der Waals surface area contributed by atoms with Crippen LogP contribution in [0.1, 0.15) is 37.8 Å². The first-order valence-corrected chi connectivity index (χ1v) is 6.29. The molecular weight excluding hydrogens is 247 g/mol. The van der Waals surface area contributed by atoms with E-state index in [1.165, 1.54) is 13.0 Å². The smallest absolute Gasteiger partial charge is 0.335 e. The molecule has 0 amide bonds. The Kier molecular flexibility index (Phi) is 3.60. The van der Waals surface area contributed by atoms with E-state index in [0.29, 0.717) is 17.2 Å². The van der Waals surface area contributed by atoms with Gasteiger partial charge in [-0.25, -0.2) is 9.18 Å². The lowest BCUT2D eigenvalue weighted by Crippen LogP contribution is -2.34. The fourth-order valence-electron chi connectivity index (χ4n) is 2.11. The van der Waals surface area contributed by atoms with E-state index in [4.69, 9.17) is 9.84 Å². The standard InChI is InChI=1S/C15H17FO3/c1-8(2)10-4-5-11-6-12(15(17)18)14(9(3)16)19-13(11)7-10/h4-9,14H,1-3H3,(H,17,18). The van der Waals surface area contributed by atoms with Crippen LogP contribution in [0.4, 0.5) is 4.39 Å². The van der Waals surface area contributed by atoms with E-state index in [0.717, 1.165) is 5.56 Å². The number of carbonyl (C=O) groups is 1. The Morgan fingerprint density at radius 3 is 2.58 bits per heavy atom. The van der Waals surface area contributed by atoms with Crippen LogP contribution in [-0.2, 0) is 4.79 Å². The van der Waals surface area contributed by atoms with Gasteiger partial charge in [-0.1, -0.05) is 26.0 Å². The molecule has 0 saturated heterocycles. The summed E-state index contributed by atoms with van der Waals surface area (Å²) in [6.45, 7) is 5.41. The lowest BCUT2D eigenvalue weighted by molar-refractivity contribution is -0.133. The van der Waals surface area contributed by atoms with Crippen molar-refractivity contribution in [1.82, 2.24) is 0 Å². The molecule has 0 aliphatic carbocycles. The Labute approximate surface area is 111 Å². The van der Waals surface area contributed by atoms with Gasteiger partial charge in [-0.05, 0) is 30.5 Å². The Morgan fingerprint density at radius 1 is 1.37 bits per heavy atom. The van der Waals surface area contributed by atoms with Gasteiger partial charge >= 0.3 is 5.97 Å². The number of rotatable bonds is 3. The number of carboxylic acids is 1. The van der Waals surface area contributed by atoms with Gasteiger partial charge < -0.3 is 9.84 Å². The summed E-state index contributed by atoms with van der Waals surface area (Å²) in [4.78, 5) is 11.1. The van der Waals surface area contributed by atoms with E-state index in [-0.39, 0.29) is 5.57 Å². The number of fused-ring (bicyclic) bond motifs is 1. The van der Waals surface area contributed by atoms with Gasteiger partial charge in [0.1, 0.15) is 11.9 Å². The van der Waals surface area contributed by atoms with E-state index in [2.05, 4.69) is 13.8 Å². The summed E-state index contributed by atoms with van der Waals surface area (Å²) in [5.41, 5.74) is 1.72. The first kappa shape index (κ1) is 13.6. The van der Waals surface area contributed by atoms with Gasteiger partial charge in [0, 0.05) is 5.56 Å². The van der Waals surface area contributed by atoms with Crippen molar-refractivity contribution in [3.05, 3.63) is 34.9 Å². The molecule has 1 aliphatic heterocycles. The van der Waals surface area contributed by atoms with Crippen molar-refractivity contribution < 1.29 is 19.0 Å². The summed E-state index contributed by atoms with van der Waals surface area (Å²) < 4.78 is 19.1. The maximum Gasteiger partial charge on any atom is 0.335 e. The lowest BCUT2D eigenvalue weighted by atomic mass is 9.95. The second-order valence-electron chi connectivity index (χ2n) is 5.07. The molecule has 0 aromatic heterocycles. The molecule has 19 heavy (non-hydrogen) atoms. The highest BCUT2D eigenvalue weighted by Crippen LogP contribution is 2.34. The molecule has 102 valence electrons. The minimum Gasteiger partial charge on any atom is -0.482 e. The van der Waals surface area contributed by atoms with Crippen LogP contribution in [0, 0.1) is 0 Å². The fourth-order valence-corrected chi connectivity index (χ4v) is 2.11. The molecule has 2 atom stereocenters. The second kappa shape index (κ2) is 5.03. The van der Waals surface area contributed by atoms with Gasteiger partial charge in [-0.2, -0.15) is 0 Å². The van der Waals surface area contributed by atoms with Crippen molar-refractivity contribution in [2.75, 3.05) is 0 Å². The van der Waals surface area contributed by atoms with Crippen LogP contribution < -0.4 is 4.74 Å². The number of benzene rings is 1. The zero-order valence-corrected chi connectivity index (χ0v) is 11.2. The molecule has 3 nitrogen and oxygen atoms in total. The molecule has 1 N–H and O–H groups in total. The van der Waals surface area contributed by atoms with Crippen LogP contribution >= 0.6 is 0 Å². The predicted molar refractivity (Wildman–Crippen MR) is 71.1 cm³/mol. The van der Waals surface area contributed by atoms with Crippen molar-refractivity contribution in [2.24, 2.45) is 0 Å². The third-order valence-corrected chi connectivity index (χ3v) is 3.24. The minimum absolute atomic E-state index is 0.0419. The average Bonchev–Trinajstić information content (AvgIpc) is 2.36. The van der Waals surface area contributed by atoms with Crippen LogP contribution in [0.3, 0.4) is 0 Å². The molecule has 2 unspecified atom stereocenters. The highest BCUT2D eigenvalue weighted by molar-refractivity contribution is 5.94. The maximum absolute atomic E-state index is 13.5. The lowest BCUT2D eigenvalue weighted by Gasteiger charge is -2.27. The normalized spacial score (nSPS) is 19.4. The van der Waals surface area contributed by atoms with Crippen molar-refractivity contribution in [1.29, 1.82) is 0 Å². The summed E-state index contributed by atoms with van der Waals surface area (Å²) in [5, 5.41) is 9.11. The first-order valence-electron chi connectivity index (χ1n) is 6.29. The van der Waals surface area contributed by atoms with Gasteiger partial charge in [-0.3, -0.25) is 0 Å². The van der Waals surface area contributed by atoms with E-state index < -0.39 is 18.2 Å². The van der Waals surface area contributed by atoms with E-state index in [1.807, 2.05) is 18.2 Å².